The normalized spacial score (nSPS) is 13.9. The number of allylic oxidation sites excluding steroid dienone is 1. The maximum atomic E-state index is 13.4. The number of amides is 1. The molecule has 0 aliphatic heterocycles. The number of sulfonamides is 1. The lowest BCUT2D eigenvalue weighted by Crippen LogP contribution is -2.41. The summed E-state index contributed by atoms with van der Waals surface area (Å²) in [7, 11) is -3.94. The van der Waals surface area contributed by atoms with Crippen molar-refractivity contribution in [1.82, 2.24) is 5.32 Å². The van der Waals surface area contributed by atoms with Crippen molar-refractivity contribution in [2.45, 2.75) is 37.5 Å². The first-order chi connectivity index (χ1) is 14.9. The van der Waals surface area contributed by atoms with E-state index in [2.05, 4.69) is 27.3 Å². The van der Waals surface area contributed by atoms with E-state index < -0.39 is 10.0 Å². The average Bonchev–Trinajstić information content (AvgIpc) is 2.78. The van der Waals surface area contributed by atoms with Crippen LogP contribution in [-0.4, -0.2) is 34.0 Å². The number of carbonyl (C=O) groups excluding carboxylic acids is 1. The highest BCUT2D eigenvalue weighted by Gasteiger charge is 2.27. The zero-order valence-electron chi connectivity index (χ0n) is 17.5. The number of nitrogens with zero attached hydrogens (tertiary/aromatic N) is 1. The minimum absolute atomic E-state index is 0.118. The van der Waals surface area contributed by atoms with E-state index >= 15 is 0 Å². The fourth-order valence-electron chi connectivity index (χ4n) is 3.39. The molecule has 6 nitrogen and oxygen atoms in total. The monoisotopic (exact) mass is 506 g/mol. The van der Waals surface area contributed by atoms with Crippen LogP contribution in [-0.2, 0) is 14.8 Å². The summed E-state index contributed by atoms with van der Waals surface area (Å²) >= 11 is 3.32. The Hall–Kier alpha value is -2.32. The Labute approximate surface area is 192 Å². The quantitative estimate of drug-likeness (QED) is 0.501. The van der Waals surface area contributed by atoms with Gasteiger partial charge >= 0.3 is 0 Å². The lowest BCUT2D eigenvalue weighted by Gasteiger charge is -2.24. The van der Waals surface area contributed by atoms with Gasteiger partial charge in [-0.1, -0.05) is 27.6 Å². The molecule has 3 rings (SSSR count). The molecule has 0 atom stereocenters. The zero-order chi connectivity index (χ0) is 22.3. The SMILES string of the molecule is CCOc1ccc(N(CC(=O)NCC2=CCCCC2)S(=O)(=O)c2ccc(Br)cc2)cc1. The van der Waals surface area contributed by atoms with Crippen LogP contribution in [0.15, 0.2) is 69.5 Å². The molecule has 8 heteroatoms. The molecule has 1 N–H and O–H groups in total. The Balaban J connectivity index is 1.83. The molecule has 0 heterocycles. The molecule has 0 spiro atoms. The van der Waals surface area contributed by atoms with E-state index in [4.69, 9.17) is 4.74 Å². The fourth-order valence-corrected chi connectivity index (χ4v) is 5.07. The van der Waals surface area contributed by atoms with Crippen LogP contribution in [0.2, 0.25) is 0 Å². The fraction of sp³-hybridized carbons (Fsp3) is 0.348. The van der Waals surface area contributed by atoms with Crippen LogP contribution in [0, 0.1) is 0 Å². The van der Waals surface area contributed by atoms with Crippen LogP contribution in [0.5, 0.6) is 5.75 Å². The lowest BCUT2D eigenvalue weighted by molar-refractivity contribution is -0.119. The van der Waals surface area contributed by atoms with Crippen molar-refractivity contribution in [3.63, 3.8) is 0 Å². The average molecular weight is 507 g/mol. The van der Waals surface area contributed by atoms with Gasteiger partial charge in [-0.15, -0.1) is 0 Å². The van der Waals surface area contributed by atoms with E-state index in [9.17, 15) is 13.2 Å². The number of ether oxygens (including phenoxy) is 1. The molecule has 2 aromatic rings. The van der Waals surface area contributed by atoms with Crippen LogP contribution >= 0.6 is 15.9 Å². The first-order valence-electron chi connectivity index (χ1n) is 10.4. The molecule has 1 aliphatic rings. The molecule has 0 unspecified atom stereocenters. The van der Waals surface area contributed by atoms with Gasteiger partial charge in [-0.05, 0) is 81.1 Å². The summed E-state index contributed by atoms with van der Waals surface area (Å²) in [5, 5.41) is 2.87. The Morgan fingerprint density at radius 2 is 1.81 bits per heavy atom. The summed E-state index contributed by atoms with van der Waals surface area (Å²) in [4.78, 5) is 12.8. The van der Waals surface area contributed by atoms with Gasteiger partial charge in [0.1, 0.15) is 12.3 Å². The molecule has 1 aliphatic carbocycles. The van der Waals surface area contributed by atoms with Crippen LogP contribution in [0.25, 0.3) is 0 Å². The second-order valence-electron chi connectivity index (χ2n) is 7.28. The number of benzene rings is 2. The molecular weight excluding hydrogens is 480 g/mol. The molecule has 31 heavy (non-hydrogen) atoms. The topological polar surface area (TPSA) is 75.7 Å². The standard InChI is InChI=1S/C23H27BrN2O4S/c1-2-30-21-12-10-20(11-13-21)26(31(28,29)22-14-8-19(24)9-15-22)17-23(27)25-16-18-6-4-3-5-7-18/h6,8-15H,2-5,7,16-17H2,1H3,(H,25,27). The Kier molecular flexibility index (Phi) is 8.15. The molecule has 1 amide bonds. The molecule has 0 bridgehead atoms. The van der Waals surface area contributed by atoms with Gasteiger partial charge in [0.15, 0.2) is 0 Å². The van der Waals surface area contributed by atoms with Crippen molar-refractivity contribution >= 4 is 37.5 Å². The molecule has 0 aromatic heterocycles. The lowest BCUT2D eigenvalue weighted by atomic mass is 10.00. The number of nitrogens with one attached hydrogen (secondary N) is 1. The number of hydrogen-bond acceptors (Lipinski definition) is 4. The summed E-state index contributed by atoms with van der Waals surface area (Å²) in [6.45, 7) is 2.54. The predicted octanol–water partition coefficient (Wildman–Crippen LogP) is 4.66. The first kappa shape index (κ1) is 23.3. The second-order valence-corrected chi connectivity index (χ2v) is 10.1. The highest BCUT2D eigenvalue weighted by molar-refractivity contribution is 9.10. The summed E-state index contributed by atoms with van der Waals surface area (Å²) in [5.74, 6) is 0.293. The van der Waals surface area contributed by atoms with E-state index in [-0.39, 0.29) is 17.3 Å². The third kappa shape index (κ3) is 6.33. The van der Waals surface area contributed by atoms with E-state index in [0.717, 1.165) is 28.0 Å². The maximum Gasteiger partial charge on any atom is 0.264 e. The van der Waals surface area contributed by atoms with Gasteiger partial charge in [0.05, 0.1) is 17.2 Å². The third-order valence-electron chi connectivity index (χ3n) is 5.02. The molecule has 0 radical (unpaired) electrons. The van der Waals surface area contributed by atoms with Gasteiger partial charge in [-0.2, -0.15) is 0 Å². The van der Waals surface area contributed by atoms with Gasteiger partial charge in [0.25, 0.3) is 10.0 Å². The van der Waals surface area contributed by atoms with E-state index in [0.29, 0.717) is 24.6 Å². The Bertz CT molecular complexity index is 1020. The first-order valence-corrected chi connectivity index (χ1v) is 12.6. The minimum Gasteiger partial charge on any atom is -0.494 e. The molecule has 0 fully saturated rings. The number of rotatable bonds is 9. The van der Waals surface area contributed by atoms with E-state index in [1.54, 1.807) is 36.4 Å². The molecule has 0 saturated carbocycles. The van der Waals surface area contributed by atoms with Crippen molar-refractivity contribution in [1.29, 1.82) is 0 Å². The van der Waals surface area contributed by atoms with Crippen molar-refractivity contribution in [2.75, 3.05) is 24.0 Å². The maximum absolute atomic E-state index is 13.4. The molecular formula is C23H27BrN2O4S. The molecule has 0 saturated heterocycles. The summed E-state index contributed by atoms with van der Waals surface area (Å²) < 4.78 is 34.1. The van der Waals surface area contributed by atoms with Crippen molar-refractivity contribution < 1.29 is 17.9 Å². The van der Waals surface area contributed by atoms with Crippen LogP contribution in [0.1, 0.15) is 32.6 Å². The second kappa shape index (κ2) is 10.8. The van der Waals surface area contributed by atoms with Gasteiger partial charge in [-0.25, -0.2) is 8.42 Å². The smallest absolute Gasteiger partial charge is 0.264 e. The van der Waals surface area contributed by atoms with Crippen molar-refractivity contribution in [3.05, 3.63) is 64.7 Å². The van der Waals surface area contributed by atoms with Crippen LogP contribution in [0.3, 0.4) is 0 Å². The highest BCUT2D eigenvalue weighted by atomic mass is 79.9. The highest BCUT2D eigenvalue weighted by Crippen LogP contribution is 2.26. The molecule has 2 aromatic carbocycles. The van der Waals surface area contributed by atoms with Crippen molar-refractivity contribution in [2.24, 2.45) is 0 Å². The van der Waals surface area contributed by atoms with Crippen LogP contribution < -0.4 is 14.4 Å². The van der Waals surface area contributed by atoms with Gasteiger partial charge in [-0.3, -0.25) is 9.10 Å². The Morgan fingerprint density at radius 3 is 2.42 bits per heavy atom. The van der Waals surface area contributed by atoms with Crippen LogP contribution in [0.4, 0.5) is 5.69 Å². The largest absolute Gasteiger partial charge is 0.494 e. The van der Waals surface area contributed by atoms with E-state index in [1.807, 2.05) is 6.92 Å². The number of halogens is 1. The Morgan fingerprint density at radius 1 is 1.10 bits per heavy atom. The van der Waals surface area contributed by atoms with Crippen molar-refractivity contribution in [3.8, 4) is 5.75 Å². The summed E-state index contributed by atoms with van der Waals surface area (Å²) in [6.07, 6.45) is 6.46. The molecule has 166 valence electrons. The van der Waals surface area contributed by atoms with Gasteiger partial charge < -0.3 is 10.1 Å². The predicted molar refractivity (Wildman–Crippen MR) is 126 cm³/mol. The number of hydrogen-bond donors (Lipinski definition) is 1. The van der Waals surface area contributed by atoms with E-state index in [1.165, 1.54) is 24.1 Å². The summed E-state index contributed by atoms with van der Waals surface area (Å²) in [5.41, 5.74) is 1.60. The van der Waals surface area contributed by atoms with Gasteiger partial charge in [0, 0.05) is 11.0 Å². The summed E-state index contributed by atoms with van der Waals surface area (Å²) in [6, 6.07) is 13.1. The number of anilines is 1. The van der Waals surface area contributed by atoms with Gasteiger partial charge in [0.2, 0.25) is 5.91 Å². The zero-order valence-corrected chi connectivity index (χ0v) is 19.9. The number of carbonyl (C=O) groups is 1. The third-order valence-corrected chi connectivity index (χ3v) is 7.34. The minimum atomic E-state index is -3.94.